The average Bonchev–Trinajstić information content (AvgIpc) is 3.54. The number of nitrogens with zero attached hydrogens (tertiary/aromatic N) is 3. The Morgan fingerprint density at radius 3 is 1.58 bits per heavy atom. The molecule has 2 heterocycles. The van der Waals surface area contributed by atoms with E-state index >= 15 is 0 Å². The molecule has 0 amide bonds. The van der Waals surface area contributed by atoms with Gasteiger partial charge in [0.2, 0.25) is 5.89 Å². The zero-order chi connectivity index (χ0) is 28.6. The Hall–Kier alpha value is -5.87. The normalized spacial score (nSPS) is 11.3. The molecule has 0 N–H and O–H groups in total. The van der Waals surface area contributed by atoms with Gasteiger partial charge >= 0.3 is 0 Å². The first kappa shape index (κ1) is 24.9. The van der Waals surface area contributed by atoms with Crippen molar-refractivity contribution in [3.8, 4) is 56.5 Å². The summed E-state index contributed by atoms with van der Waals surface area (Å²) >= 11 is 0. The third kappa shape index (κ3) is 4.75. The molecule has 0 bridgehead atoms. The second kappa shape index (κ2) is 10.5. The van der Waals surface area contributed by atoms with Crippen LogP contribution >= 0.6 is 0 Å². The number of oxazole rings is 1. The molecule has 0 aliphatic rings. The molecule has 8 rings (SSSR count). The maximum Gasteiger partial charge on any atom is 0.227 e. The SMILES string of the molecule is c1ccc(-c2cc(-c3ccccc3)nc(-c3ccc(-c4ccc5c(ccc6nc(-c7ccccc7)oc65)c4)cc3)n2)cc1. The lowest BCUT2D eigenvalue weighted by molar-refractivity contribution is 0.623. The summed E-state index contributed by atoms with van der Waals surface area (Å²) in [5.74, 6) is 1.34. The Labute approximate surface area is 249 Å². The van der Waals surface area contributed by atoms with Gasteiger partial charge in [-0.05, 0) is 52.9 Å². The van der Waals surface area contributed by atoms with Crippen LogP contribution in [0.25, 0.3) is 78.4 Å². The predicted octanol–water partition coefficient (Wildman–Crippen LogP) is 10.1. The molecule has 0 saturated carbocycles. The topological polar surface area (TPSA) is 51.8 Å². The van der Waals surface area contributed by atoms with Gasteiger partial charge in [-0.25, -0.2) is 15.0 Å². The average molecular weight is 552 g/mol. The van der Waals surface area contributed by atoms with Gasteiger partial charge in [-0.2, -0.15) is 0 Å². The Morgan fingerprint density at radius 1 is 0.395 bits per heavy atom. The summed E-state index contributed by atoms with van der Waals surface area (Å²) in [6.45, 7) is 0. The minimum Gasteiger partial charge on any atom is -0.435 e. The van der Waals surface area contributed by atoms with Crippen molar-refractivity contribution >= 4 is 21.9 Å². The van der Waals surface area contributed by atoms with Gasteiger partial charge in [-0.3, -0.25) is 0 Å². The van der Waals surface area contributed by atoms with Crippen LogP contribution in [0.3, 0.4) is 0 Å². The second-order valence-corrected chi connectivity index (χ2v) is 10.5. The van der Waals surface area contributed by atoms with Crippen LogP contribution < -0.4 is 0 Å². The van der Waals surface area contributed by atoms with Crippen LogP contribution in [0.5, 0.6) is 0 Å². The van der Waals surface area contributed by atoms with E-state index in [9.17, 15) is 0 Å². The first-order valence-corrected chi connectivity index (χ1v) is 14.3. The maximum absolute atomic E-state index is 6.24. The highest BCUT2D eigenvalue weighted by Gasteiger charge is 2.13. The molecule has 0 fully saturated rings. The predicted molar refractivity (Wildman–Crippen MR) is 174 cm³/mol. The fourth-order valence-corrected chi connectivity index (χ4v) is 5.50. The molecule has 0 unspecified atom stereocenters. The van der Waals surface area contributed by atoms with Gasteiger partial charge < -0.3 is 4.42 Å². The van der Waals surface area contributed by atoms with Crippen molar-refractivity contribution in [2.75, 3.05) is 0 Å². The van der Waals surface area contributed by atoms with Crippen molar-refractivity contribution < 1.29 is 4.42 Å². The van der Waals surface area contributed by atoms with E-state index in [4.69, 9.17) is 19.4 Å². The number of hydrogen-bond acceptors (Lipinski definition) is 4. The standard InChI is InChI=1S/C39H25N3O/c1-4-10-27(11-5-1)35-25-36(28-12-6-2-7-13-28)41-38(40-35)29-18-16-26(17-19-29)31-20-22-33-32(24-31)21-23-34-37(33)43-39(42-34)30-14-8-3-9-15-30/h1-25H. The summed E-state index contributed by atoms with van der Waals surface area (Å²) in [5.41, 5.74) is 9.78. The molecule has 202 valence electrons. The molecule has 0 radical (unpaired) electrons. The van der Waals surface area contributed by atoms with Crippen LogP contribution in [0.1, 0.15) is 0 Å². The molecule has 0 spiro atoms. The largest absolute Gasteiger partial charge is 0.435 e. The van der Waals surface area contributed by atoms with E-state index in [1.165, 1.54) is 0 Å². The second-order valence-electron chi connectivity index (χ2n) is 10.5. The van der Waals surface area contributed by atoms with E-state index in [1.54, 1.807) is 0 Å². The van der Waals surface area contributed by atoms with Crippen LogP contribution in [0, 0.1) is 0 Å². The number of fused-ring (bicyclic) bond motifs is 3. The van der Waals surface area contributed by atoms with Gasteiger partial charge in [-0.1, -0.05) is 115 Å². The fourth-order valence-electron chi connectivity index (χ4n) is 5.50. The Bertz CT molecular complexity index is 2150. The first-order chi connectivity index (χ1) is 21.3. The molecule has 4 heteroatoms. The van der Waals surface area contributed by atoms with E-state index < -0.39 is 0 Å². The van der Waals surface area contributed by atoms with E-state index in [-0.39, 0.29) is 0 Å². The van der Waals surface area contributed by atoms with Crippen molar-refractivity contribution in [2.24, 2.45) is 0 Å². The van der Waals surface area contributed by atoms with Crippen LogP contribution in [0.15, 0.2) is 156 Å². The number of aromatic nitrogens is 3. The first-order valence-electron chi connectivity index (χ1n) is 14.3. The van der Waals surface area contributed by atoms with Crippen molar-refractivity contribution in [3.63, 3.8) is 0 Å². The van der Waals surface area contributed by atoms with Crippen LogP contribution in [0.2, 0.25) is 0 Å². The quantitative estimate of drug-likeness (QED) is 0.214. The minimum absolute atomic E-state index is 0.636. The van der Waals surface area contributed by atoms with Crippen molar-refractivity contribution in [2.45, 2.75) is 0 Å². The van der Waals surface area contributed by atoms with Crippen LogP contribution in [-0.2, 0) is 0 Å². The van der Waals surface area contributed by atoms with Crippen molar-refractivity contribution in [1.29, 1.82) is 0 Å². The van der Waals surface area contributed by atoms with Crippen molar-refractivity contribution in [1.82, 2.24) is 15.0 Å². The molecule has 6 aromatic carbocycles. The molecule has 0 saturated heterocycles. The smallest absolute Gasteiger partial charge is 0.227 e. The van der Waals surface area contributed by atoms with Gasteiger partial charge in [0.15, 0.2) is 11.4 Å². The number of rotatable bonds is 5. The maximum atomic E-state index is 6.24. The van der Waals surface area contributed by atoms with Crippen molar-refractivity contribution in [3.05, 3.63) is 152 Å². The monoisotopic (exact) mass is 551 g/mol. The molecular formula is C39H25N3O. The van der Waals surface area contributed by atoms with Crippen LogP contribution in [0.4, 0.5) is 0 Å². The summed E-state index contributed by atoms with van der Waals surface area (Å²) in [7, 11) is 0. The van der Waals surface area contributed by atoms with Gasteiger partial charge in [0.05, 0.1) is 11.4 Å². The highest BCUT2D eigenvalue weighted by molar-refractivity contribution is 6.04. The lowest BCUT2D eigenvalue weighted by Gasteiger charge is -2.10. The summed E-state index contributed by atoms with van der Waals surface area (Å²) in [6, 6.07) is 51.7. The van der Waals surface area contributed by atoms with Gasteiger partial charge in [0, 0.05) is 27.6 Å². The number of benzene rings is 6. The van der Waals surface area contributed by atoms with Crippen LogP contribution in [-0.4, -0.2) is 15.0 Å². The molecular weight excluding hydrogens is 526 g/mol. The molecule has 0 atom stereocenters. The zero-order valence-corrected chi connectivity index (χ0v) is 23.2. The molecule has 0 aliphatic heterocycles. The summed E-state index contributed by atoms with van der Waals surface area (Å²) in [4.78, 5) is 14.7. The fraction of sp³-hybridized carbons (Fsp3) is 0. The molecule has 8 aromatic rings. The lowest BCUT2D eigenvalue weighted by atomic mass is 9.99. The third-order valence-corrected chi connectivity index (χ3v) is 7.73. The molecule has 2 aromatic heterocycles. The Balaban J connectivity index is 1.15. The van der Waals surface area contributed by atoms with Gasteiger partial charge in [-0.15, -0.1) is 0 Å². The van der Waals surface area contributed by atoms with E-state index in [0.29, 0.717) is 11.7 Å². The van der Waals surface area contributed by atoms with E-state index in [1.807, 2.05) is 72.8 Å². The van der Waals surface area contributed by atoms with E-state index in [0.717, 1.165) is 66.6 Å². The highest BCUT2D eigenvalue weighted by atomic mass is 16.3. The summed E-state index contributed by atoms with van der Waals surface area (Å²) in [5, 5.41) is 2.16. The number of hydrogen-bond donors (Lipinski definition) is 0. The van der Waals surface area contributed by atoms with Gasteiger partial charge in [0.25, 0.3) is 0 Å². The Morgan fingerprint density at radius 2 is 0.953 bits per heavy atom. The lowest BCUT2D eigenvalue weighted by Crippen LogP contribution is -1.95. The third-order valence-electron chi connectivity index (χ3n) is 7.73. The highest BCUT2D eigenvalue weighted by Crippen LogP contribution is 2.34. The zero-order valence-electron chi connectivity index (χ0n) is 23.2. The minimum atomic E-state index is 0.636. The molecule has 0 aliphatic carbocycles. The molecule has 4 nitrogen and oxygen atoms in total. The Kier molecular flexibility index (Phi) is 6.08. The summed E-state index contributed by atoms with van der Waals surface area (Å²) < 4.78 is 6.24. The van der Waals surface area contributed by atoms with Gasteiger partial charge in [0.1, 0.15) is 5.52 Å². The summed E-state index contributed by atoms with van der Waals surface area (Å²) in [6.07, 6.45) is 0. The van der Waals surface area contributed by atoms with E-state index in [2.05, 4.69) is 78.9 Å². The molecule has 43 heavy (non-hydrogen) atoms.